The first-order valence-corrected chi connectivity index (χ1v) is 7.90. The van der Waals surface area contributed by atoms with E-state index in [0.717, 1.165) is 11.4 Å². The molecule has 0 bridgehead atoms. The molecule has 0 atom stereocenters. The quantitative estimate of drug-likeness (QED) is 0.878. The van der Waals surface area contributed by atoms with Crippen LogP contribution in [0.25, 0.3) is 0 Å². The smallest absolute Gasteiger partial charge is 0.338 e. The van der Waals surface area contributed by atoms with E-state index in [1.807, 2.05) is 44.2 Å². The molecule has 1 N–H and O–H groups in total. The Morgan fingerprint density at radius 1 is 1.08 bits per heavy atom. The van der Waals surface area contributed by atoms with Gasteiger partial charge in [0.25, 0.3) is 5.91 Å². The Morgan fingerprint density at radius 2 is 1.75 bits per heavy atom. The van der Waals surface area contributed by atoms with Gasteiger partial charge in [0.1, 0.15) is 12.1 Å². The molecule has 124 valence electrons. The lowest BCUT2D eigenvalue weighted by atomic mass is 9.98. The number of benzene rings is 2. The molecule has 1 heterocycles. The van der Waals surface area contributed by atoms with Gasteiger partial charge in [0.2, 0.25) is 0 Å². The molecule has 3 rings (SSSR count). The van der Waals surface area contributed by atoms with Crippen LogP contribution in [-0.4, -0.2) is 30.6 Å². The summed E-state index contributed by atoms with van der Waals surface area (Å²) in [5.74, 6) is -0.428. The van der Waals surface area contributed by atoms with Gasteiger partial charge in [-0.3, -0.25) is 4.79 Å². The van der Waals surface area contributed by atoms with Gasteiger partial charge in [-0.1, -0.05) is 30.3 Å². The minimum absolute atomic E-state index is 0.0445. The van der Waals surface area contributed by atoms with E-state index in [1.54, 1.807) is 29.2 Å². The first-order chi connectivity index (χ1) is 11.5. The molecular formula is C19H20N2O3. The van der Waals surface area contributed by atoms with Gasteiger partial charge in [0, 0.05) is 0 Å². The summed E-state index contributed by atoms with van der Waals surface area (Å²) in [6.07, 6.45) is 0. The van der Waals surface area contributed by atoms with Crippen LogP contribution in [0, 0.1) is 0 Å². The van der Waals surface area contributed by atoms with E-state index < -0.39 is 5.54 Å². The van der Waals surface area contributed by atoms with Gasteiger partial charge in [-0.15, -0.1) is 0 Å². The van der Waals surface area contributed by atoms with Crippen molar-refractivity contribution < 1.29 is 14.3 Å². The molecule has 24 heavy (non-hydrogen) atoms. The van der Waals surface area contributed by atoms with Gasteiger partial charge < -0.3 is 15.0 Å². The first-order valence-electron chi connectivity index (χ1n) is 7.90. The van der Waals surface area contributed by atoms with E-state index in [1.165, 1.54) is 0 Å². The Morgan fingerprint density at radius 3 is 2.50 bits per heavy atom. The number of hydrogen-bond donors (Lipinski definition) is 1. The molecule has 1 amide bonds. The maximum Gasteiger partial charge on any atom is 0.338 e. The van der Waals surface area contributed by atoms with Gasteiger partial charge in [0.15, 0.2) is 0 Å². The van der Waals surface area contributed by atoms with E-state index >= 15 is 0 Å². The maximum absolute atomic E-state index is 12.7. The van der Waals surface area contributed by atoms with E-state index in [9.17, 15) is 9.59 Å². The van der Waals surface area contributed by atoms with Gasteiger partial charge in [-0.05, 0) is 38.1 Å². The van der Waals surface area contributed by atoms with Gasteiger partial charge in [-0.2, -0.15) is 0 Å². The first kappa shape index (κ1) is 16.1. The predicted octanol–water partition coefficient (Wildman–Crippen LogP) is 3.08. The number of nitrogens with zero attached hydrogens (tertiary/aromatic N) is 1. The summed E-state index contributed by atoms with van der Waals surface area (Å²) in [6.45, 7) is 4.14. The zero-order chi connectivity index (χ0) is 17.2. The van der Waals surface area contributed by atoms with Gasteiger partial charge in [0.05, 0.1) is 23.5 Å². The highest BCUT2D eigenvalue weighted by atomic mass is 16.5. The van der Waals surface area contributed by atoms with Crippen LogP contribution in [0.15, 0.2) is 54.6 Å². The highest BCUT2D eigenvalue weighted by molar-refractivity contribution is 6.07. The van der Waals surface area contributed by atoms with Crippen molar-refractivity contribution in [1.29, 1.82) is 0 Å². The summed E-state index contributed by atoms with van der Waals surface area (Å²) in [5.41, 5.74) is 1.51. The zero-order valence-corrected chi connectivity index (χ0v) is 13.8. The third-order valence-electron chi connectivity index (χ3n) is 3.98. The van der Waals surface area contributed by atoms with Crippen LogP contribution >= 0.6 is 0 Å². The molecule has 0 saturated carbocycles. The SMILES string of the molecule is CC1(C)Nc2ccccc2N(CCOC(=O)c2ccccc2)C1=O. The average molecular weight is 324 g/mol. The lowest BCUT2D eigenvalue weighted by molar-refractivity contribution is -0.122. The molecule has 0 saturated heterocycles. The standard InChI is InChI=1S/C19H20N2O3/c1-19(2)18(23)21(16-11-7-6-10-15(16)20-19)12-13-24-17(22)14-8-4-3-5-9-14/h3-11,20H,12-13H2,1-2H3. The molecule has 0 unspecified atom stereocenters. The second-order valence-electron chi connectivity index (χ2n) is 6.23. The lowest BCUT2D eigenvalue weighted by Crippen LogP contribution is -2.54. The van der Waals surface area contributed by atoms with Crippen LogP contribution in [0.3, 0.4) is 0 Å². The number of amides is 1. The van der Waals surface area contributed by atoms with Crippen molar-refractivity contribution in [3.05, 3.63) is 60.2 Å². The molecule has 1 aliphatic rings. The number of hydrogen-bond acceptors (Lipinski definition) is 4. The van der Waals surface area contributed by atoms with E-state index in [0.29, 0.717) is 12.1 Å². The summed E-state index contributed by atoms with van der Waals surface area (Å²) in [4.78, 5) is 26.4. The third-order valence-corrected chi connectivity index (χ3v) is 3.98. The van der Waals surface area contributed by atoms with Crippen molar-refractivity contribution in [2.24, 2.45) is 0 Å². The highest BCUT2D eigenvalue weighted by Crippen LogP contribution is 2.34. The molecule has 2 aromatic rings. The van der Waals surface area contributed by atoms with Crippen molar-refractivity contribution in [3.63, 3.8) is 0 Å². The number of anilines is 2. The van der Waals surface area contributed by atoms with Crippen molar-refractivity contribution >= 4 is 23.3 Å². The van der Waals surface area contributed by atoms with E-state index in [4.69, 9.17) is 4.74 Å². The molecule has 2 aromatic carbocycles. The number of esters is 1. The third kappa shape index (κ3) is 3.11. The molecule has 5 heteroatoms. The zero-order valence-electron chi connectivity index (χ0n) is 13.8. The monoisotopic (exact) mass is 324 g/mol. The summed E-state index contributed by atoms with van der Waals surface area (Å²) in [7, 11) is 0. The number of fused-ring (bicyclic) bond motifs is 1. The number of carbonyl (C=O) groups is 2. The summed E-state index contributed by atoms with van der Waals surface area (Å²) < 4.78 is 5.31. The summed E-state index contributed by atoms with van der Waals surface area (Å²) in [5, 5.41) is 3.24. The number of carbonyl (C=O) groups excluding carboxylic acids is 2. The Kier molecular flexibility index (Phi) is 4.25. The van der Waals surface area contributed by atoms with Gasteiger partial charge >= 0.3 is 5.97 Å². The van der Waals surface area contributed by atoms with Crippen molar-refractivity contribution in [3.8, 4) is 0 Å². The number of nitrogens with one attached hydrogen (secondary N) is 1. The number of ether oxygens (including phenoxy) is 1. The van der Waals surface area contributed by atoms with Crippen LogP contribution in [0.2, 0.25) is 0 Å². The largest absolute Gasteiger partial charge is 0.460 e. The molecule has 0 radical (unpaired) electrons. The molecule has 1 aliphatic heterocycles. The predicted molar refractivity (Wildman–Crippen MR) is 93.2 cm³/mol. The van der Waals surface area contributed by atoms with E-state index in [-0.39, 0.29) is 18.5 Å². The second kappa shape index (κ2) is 6.35. The minimum atomic E-state index is -0.697. The minimum Gasteiger partial charge on any atom is -0.460 e. The van der Waals surface area contributed by atoms with Crippen LogP contribution in [-0.2, 0) is 9.53 Å². The molecule has 0 fully saturated rings. The summed E-state index contributed by atoms with van der Waals surface area (Å²) >= 11 is 0. The van der Waals surface area contributed by atoms with Crippen LogP contribution in [0.4, 0.5) is 11.4 Å². The fourth-order valence-corrected chi connectivity index (χ4v) is 2.76. The Bertz CT molecular complexity index is 756. The Labute approximate surface area is 141 Å². The second-order valence-corrected chi connectivity index (χ2v) is 6.23. The van der Waals surface area contributed by atoms with Crippen molar-refractivity contribution in [2.45, 2.75) is 19.4 Å². The summed E-state index contributed by atoms with van der Waals surface area (Å²) in [6, 6.07) is 16.5. The molecule has 0 aliphatic carbocycles. The highest BCUT2D eigenvalue weighted by Gasteiger charge is 2.38. The Hall–Kier alpha value is -2.82. The van der Waals surface area contributed by atoms with Crippen molar-refractivity contribution in [2.75, 3.05) is 23.4 Å². The molecule has 0 spiro atoms. The molecular weight excluding hydrogens is 304 g/mol. The number of para-hydroxylation sites is 2. The molecule has 0 aromatic heterocycles. The van der Waals surface area contributed by atoms with Crippen molar-refractivity contribution in [1.82, 2.24) is 0 Å². The van der Waals surface area contributed by atoms with Gasteiger partial charge in [-0.25, -0.2) is 4.79 Å². The van der Waals surface area contributed by atoms with Crippen LogP contribution in [0.5, 0.6) is 0 Å². The molecule has 5 nitrogen and oxygen atoms in total. The average Bonchev–Trinajstić information content (AvgIpc) is 2.58. The van der Waals surface area contributed by atoms with Crippen LogP contribution < -0.4 is 10.2 Å². The fourth-order valence-electron chi connectivity index (χ4n) is 2.76. The van der Waals surface area contributed by atoms with E-state index in [2.05, 4.69) is 5.32 Å². The Balaban J connectivity index is 1.70. The maximum atomic E-state index is 12.7. The lowest BCUT2D eigenvalue weighted by Gasteiger charge is -2.39. The number of rotatable bonds is 4. The normalized spacial score (nSPS) is 15.4. The van der Waals surface area contributed by atoms with Crippen LogP contribution in [0.1, 0.15) is 24.2 Å². The fraction of sp³-hybridized carbons (Fsp3) is 0.263. The topological polar surface area (TPSA) is 58.6 Å².